The van der Waals surface area contributed by atoms with Crippen LogP contribution in [0.25, 0.3) is 22.3 Å². The smallest absolute Gasteiger partial charge is 0.307 e. The maximum absolute atomic E-state index is 12.1. The molecule has 3 unspecified atom stereocenters. The summed E-state index contributed by atoms with van der Waals surface area (Å²) in [4.78, 5) is 23.9. The second-order valence-electron chi connectivity index (χ2n) is 7.49. The molecule has 0 bridgehead atoms. The van der Waals surface area contributed by atoms with Gasteiger partial charge in [-0.25, -0.2) is 0 Å². The predicted molar refractivity (Wildman–Crippen MR) is 102 cm³/mol. The average Bonchev–Trinajstić information content (AvgIpc) is 2.65. The second kappa shape index (κ2) is 6.72. The summed E-state index contributed by atoms with van der Waals surface area (Å²) in [6.45, 7) is 2.11. The van der Waals surface area contributed by atoms with Crippen molar-refractivity contribution in [1.29, 1.82) is 0 Å². The molecule has 1 aromatic rings. The molecule has 1 aliphatic heterocycles. The molecule has 140 valence electrons. The molecule has 2 N–H and O–H groups in total. The molecule has 2 aliphatic carbocycles. The van der Waals surface area contributed by atoms with Gasteiger partial charge < -0.3 is 14.6 Å². The lowest BCUT2D eigenvalue weighted by Crippen LogP contribution is -2.30. The molecule has 3 atom stereocenters. The molecule has 0 spiro atoms. The third kappa shape index (κ3) is 3.07. The number of aliphatic carboxylic acids is 1. The van der Waals surface area contributed by atoms with Crippen LogP contribution in [0.15, 0.2) is 45.6 Å². The summed E-state index contributed by atoms with van der Waals surface area (Å²) in [5, 5.41) is 20.5. The van der Waals surface area contributed by atoms with Gasteiger partial charge in [0.15, 0.2) is 5.43 Å². The predicted octanol–water partition coefficient (Wildman–Crippen LogP) is 4.60. The maximum Gasteiger partial charge on any atom is 0.307 e. The molecule has 1 aromatic carbocycles. The van der Waals surface area contributed by atoms with E-state index >= 15 is 0 Å². The van der Waals surface area contributed by atoms with E-state index in [9.17, 15) is 19.8 Å². The van der Waals surface area contributed by atoms with Gasteiger partial charge in [0.2, 0.25) is 0 Å². The Labute approximate surface area is 156 Å². The van der Waals surface area contributed by atoms with E-state index in [1.54, 1.807) is 18.2 Å². The summed E-state index contributed by atoms with van der Waals surface area (Å²) in [7, 11) is 0. The van der Waals surface area contributed by atoms with Gasteiger partial charge >= 0.3 is 5.97 Å². The van der Waals surface area contributed by atoms with Gasteiger partial charge in [-0.1, -0.05) is 13.3 Å². The normalized spacial score (nSPS) is 22.9. The Hall–Kier alpha value is -2.82. The Morgan fingerprint density at radius 1 is 1.19 bits per heavy atom. The summed E-state index contributed by atoms with van der Waals surface area (Å²) < 4.78 is 5.87. The minimum absolute atomic E-state index is 0.0688. The van der Waals surface area contributed by atoms with Crippen molar-refractivity contribution in [3.05, 3.63) is 52.2 Å². The van der Waals surface area contributed by atoms with E-state index in [2.05, 4.69) is 6.92 Å². The first-order valence-electron chi connectivity index (χ1n) is 9.40. The number of carbonyl (C=O) groups is 1. The summed E-state index contributed by atoms with van der Waals surface area (Å²) in [5.74, 6) is -0.492. The van der Waals surface area contributed by atoms with E-state index in [1.165, 1.54) is 18.2 Å². The summed E-state index contributed by atoms with van der Waals surface area (Å²) in [5.41, 5.74) is 1.98. The molecule has 1 fully saturated rings. The van der Waals surface area contributed by atoms with Crippen molar-refractivity contribution >= 4 is 16.9 Å². The van der Waals surface area contributed by atoms with Crippen LogP contribution in [0.3, 0.4) is 0 Å². The fraction of sp³-hybridized carbons (Fsp3) is 0.364. The highest BCUT2D eigenvalue weighted by Gasteiger charge is 2.38. The fourth-order valence-corrected chi connectivity index (χ4v) is 4.54. The van der Waals surface area contributed by atoms with Gasteiger partial charge in [-0.2, -0.15) is 0 Å². The van der Waals surface area contributed by atoms with Crippen LogP contribution in [0, 0.1) is 11.8 Å². The van der Waals surface area contributed by atoms with Crippen LogP contribution < -0.4 is 5.43 Å². The van der Waals surface area contributed by atoms with Crippen LogP contribution in [-0.4, -0.2) is 16.2 Å². The van der Waals surface area contributed by atoms with E-state index in [0.717, 1.165) is 35.8 Å². The van der Waals surface area contributed by atoms with Gasteiger partial charge in [0.25, 0.3) is 0 Å². The fourth-order valence-electron chi connectivity index (χ4n) is 4.54. The SMILES string of the molecule is CCC1CCC(c2c3ccc(=O)cc-3oc3cc(O)ccc23)C(C(=O)O)C1. The van der Waals surface area contributed by atoms with Crippen molar-refractivity contribution in [1.82, 2.24) is 0 Å². The topological polar surface area (TPSA) is 87.7 Å². The van der Waals surface area contributed by atoms with E-state index in [-0.39, 0.29) is 17.1 Å². The molecule has 5 heteroatoms. The minimum Gasteiger partial charge on any atom is -0.508 e. The van der Waals surface area contributed by atoms with Crippen LogP contribution in [0.5, 0.6) is 5.75 Å². The Morgan fingerprint density at radius 3 is 2.74 bits per heavy atom. The zero-order valence-corrected chi connectivity index (χ0v) is 15.1. The Morgan fingerprint density at radius 2 is 2.00 bits per heavy atom. The molecule has 4 rings (SSSR count). The summed E-state index contributed by atoms with van der Waals surface area (Å²) in [6, 6.07) is 9.52. The van der Waals surface area contributed by atoms with Crippen LogP contribution >= 0.6 is 0 Å². The zero-order chi connectivity index (χ0) is 19.1. The van der Waals surface area contributed by atoms with Crippen molar-refractivity contribution in [3.8, 4) is 17.1 Å². The van der Waals surface area contributed by atoms with E-state index in [4.69, 9.17) is 4.42 Å². The molecule has 27 heavy (non-hydrogen) atoms. The Balaban J connectivity index is 1.98. The van der Waals surface area contributed by atoms with Crippen molar-refractivity contribution < 1.29 is 19.4 Å². The van der Waals surface area contributed by atoms with E-state index in [0.29, 0.717) is 23.7 Å². The standard InChI is InChI=1S/C22H22O5/c1-2-12-3-6-15(18(9-12)22(25)26)21-16-7-4-13(23)10-19(16)27-20-11-14(24)5-8-17(20)21/h4-5,7-8,10-12,15,18,23H,2-3,6,9H2,1H3,(H,25,26). The molecule has 3 aliphatic rings. The maximum atomic E-state index is 12.1. The number of hydrogen-bond acceptors (Lipinski definition) is 4. The molecule has 0 amide bonds. The van der Waals surface area contributed by atoms with E-state index < -0.39 is 11.9 Å². The first-order chi connectivity index (χ1) is 13.0. The molecule has 1 saturated carbocycles. The van der Waals surface area contributed by atoms with Crippen LogP contribution in [-0.2, 0) is 4.79 Å². The lowest BCUT2D eigenvalue weighted by atomic mass is 9.69. The number of hydrogen-bond donors (Lipinski definition) is 2. The quantitative estimate of drug-likeness (QED) is 0.662. The monoisotopic (exact) mass is 366 g/mol. The number of phenols is 1. The van der Waals surface area contributed by atoms with Crippen molar-refractivity contribution in [2.24, 2.45) is 11.8 Å². The summed E-state index contributed by atoms with van der Waals surface area (Å²) in [6.07, 6.45) is 3.40. The largest absolute Gasteiger partial charge is 0.508 e. The van der Waals surface area contributed by atoms with Crippen LogP contribution in [0.1, 0.15) is 44.1 Å². The number of phenolic OH excluding ortho intramolecular Hbond substituents is 1. The molecule has 0 radical (unpaired) electrons. The molecule has 1 heterocycles. The Kier molecular flexibility index (Phi) is 4.38. The van der Waals surface area contributed by atoms with Gasteiger partial charge in [0, 0.05) is 23.1 Å². The highest BCUT2D eigenvalue weighted by atomic mass is 16.4. The number of carboxylic acid groups (broad SMARTS) is 1. The number of aromatic hydroxyl groups is 1. The first-order valence-corrected chi connectivity index (χ1v) is 9.40. The number of rotatable bonds is 3. The summed E-state index contributed by atoms with van der Waals surface area (Å²) >= 11 is 0. The van der Waals surface area contributed by atoms with Gasteiger partial charge in [-0.05, 0) is 60.9 Å². The number of benzene rings is 2. The number of carboxylic acids is 1. The van der Waals surface area contributed by atoms with Crippen molar-refractivity contribution in [2.45, 2.75) is 38.5 Å². The van der Waals surface area contributed by atoms with Crippen LogP contribution in [0.4, 0.5) is 0 Å². The third-order valence-corrected chi connectivity index (χ3v) is 5.94. The highest BCUT2D eigenvalue weighted by Crippen LogP contribution is 2.48. The highest BCUT2D eigenvalue weighted by molar-refractivity contribution is 5.90. The Bertz CT molecular complexity index is 1030. The van der Waals surface area contributed by atoms with Gasteiger partial charge in [0.05, 0.1) is 5.92 Å². The lowest BCUT2D eigenvalue weighted by Gasteiger charge is -2.35. The third-order valence-electron chi connectivity index (χ3n) is 5.94. The molecular weight excluding hydrogens is 344 g/mol. The van der Waals surface area contributed by atoms with Crippen molar-refractivity contribution in [2.75, 3.05) is 0 Å². The van der Waals surface area contributed by atoms with Crippen LogP contribution in [0.2, 0.25) is 0 Å². The molecular formula is C22H22O5. The first kappa shape index (κ1) is 17.6. The molecule has 5 nitrogen and oxygen atoms in total. The van der Waals surface area contributed by atoms with Crippen molar-refractivity contribution in [3.63, 3.8) is 0 Å². The van der Waals surface area contributed by atoms with Gasteiger partial charge in [-0.3, -0.25) is 9.59 Å². The van der Waals surface area contributed by atoms with E-state index in [1.807, 2.05) is 0 Å². The minimum atomic E-state index is -0.778. The lowest BCUT2D eigenvalue weighted by molar-refractivity contribution is -0.144. The molecule has 0 saturated heterocycles. The van der Waals surface area contributed by atoms with Gasteiger partial charge in [-0.15, -0.1) is 0 Å². The van der Waals surface area contributed by atoms with Gasteiger partial charge in [0.1, 0.15) is 17.1 Å². The number of fused-ring (bicyclic) bond motifs is 2. The molecule has 0 aromatic heterocycles. The average molecular weight is 366 g/mol. The second-order valence-corrected chi connectivity index (χ2v) is 7.49. The zero-order valence-electron chi connectivity index (χ0n) is 15.1.